The number of carbonyl (C=O) groups excluding carboxylic acids is 1. The summed E-state index contributed by atoms with van der Waals surface area (Å²) >= 11 is 0. The molecule has 0 amide bonds. The molecule has 1 heterocycles. The molecule has 0 aliphatic carbocycles. The second kappa shape index (κ2) is 4.00. The van der Waals surface area contributed by atoms with E-state index in [1.807, 2.05) is 22.9 Å². The number of hydrogen-bond donors (Lipinski definition) is 1. The lowest BCUT2D eigenvalue weighted by molar-refractivity contribution is 0.112. The molecule has 0 unspecified atom stereocenters. The Morgan fingerprint density at radius 1 is 1.20 bits per heavy atom. The molecule has 0 atom stereocenters. The van der Waals surface area contributed by atoms with Crippen molar-refractivity contribution in [1.82, 2.24) is 4.57 Å². The van der Waals surface area contributed by atoms with Gasteiger partial charge in [0.2, 0.25) is 0 Å². The molecule has 3 heteroatoms. The van der Waals surface area contributed by atoms with Gasteiger partial charge in [-0.3, -0.25) is 4.79 Å². The summed E-state index contributed by atoms with van der Waals surface area (Å²) in [5.41, 5.74) is 1.76. The van der Waals surface area contributed by atoms with Crippen molar-refractivity contribution in [3.05, 3.63) is 53.9 Å². The number of rotatable bonds is 3. The molecule has 1 aromatic heterocycles. The minimum atomic E-state index is 0.264. The SMILES string of the molecule is O=Cc1ccn(Cc2ccc(O)cc2)c1. The predicted molar refractivity (Wildman–Crippen MR) is 57.0 cm³/mol. The maximum absolute atomic E-state index is 10.5. The van der Waals surface area contributed by atoms with E-state index in [2.05, 4.69) is 0 Å². The van der Waals surface area contributed by atoms with Crippen LogP contribution in [0.4, 0.5) is 0 Å². The number of nitrogens with zero attached hydrogens (tertiary/aromatic N) is 1. The highest BCUT2D eigenvalue weighted by Gasteiger charge is 1.97. The van der Waals surface area contributed by atoms with Crippen molar-refractivity contribution in [3.63, 3.8) is 0 Å². The molecule has 0 fully saturated rings. The first-order valence-corrected chi connectivity index (χ1v) is 4.67. The summed E-state index contributed by atoms with van der Waals surface area (Å²) in [6, 6.07) is 8.79. The van der Waals surface area contributed by atoms with Crippen LogP contribution in [0.15, 0.2) is 42.7 Å². The summed E-state index contributed by atoms with van der Waals surface area (Å²) in [5, 5.41) is 9.11. The Bertz CT molecular complexity index is 457. The van der Waals surface area contributed by atoms with E-state index in [0.29, 0.717) is 12.1 Å². The topological polar surface area (TPSA) is 42.2 Å². The zero-order valence-corrected chi connectivity index (χ0v) is 8.13. The quantitative estimate of drug-likeness (QED) is 0.772. The van der Waals surface area contributed by atoms with E-state index in [1.54, 1.807) is 24.4 Å². The Morgan fingerprint density at radius 2 is 1.93 bits per heavy atom. The molecule has 0 saturated heterocycles. The summed E-state index contributed by atoms with van der Waals surface area (Å²) in [6.45, 7) is 0.702. The number of phenolic OH excluding ortho intramolecular Hbond substituents is 1. The van der Waals surface area contributed by atoms with Crippen LogP contribution in [0.3, 0.4) is 0 Å². The van der Waals surface area contributed by atoms with Gasteiger partial charge >= 0.3 is 0 Å². The summed E-state index contributed by atoms with van der Waals surface area (Å²) in [4.78, 5) is 10.5. The fourth-order valence-electron chi connectivity index (χ4n) is 1.44. The summed E-state index contributed by atoms with van der Waals surface area (Å²) in [7, 11) is 0. The highest BCUT2D eigenvalue weighted by molar-refractivity contribution is 5.74. The summed E-state index contributed by atoms with van der Waals surface area (Å²) in [5.74, 6) is 0.264. The summed E-state index contributed by atoms with van der Waals surface area (Å²) < 4.78 is 1.93. The minimum absolute atomic E-state index is 0.264. The standard InChI is InChI=1S/C12H11NO2/c14-9-11-5-6-13(8-11)7-10-1-3-12(15)4-2-10/h1-6,8-9,15H,7H2. The van der Waals surface area contributed by atoms with E-state index in [9.17, 15) is 4.79 Å². The molecule has 0 radical (unpaired) electrons. The average Bonchev–Trinajstić information content (AvgIpc) is 2.69. The zero-order valence-electron chi connectivity index (χ0n) is 8.13. The van der Waals surface area contributed by atoms with Crippen LogP contribution in [-0.2, 0) is 6.54 Å². The Hall–Kier alpha value is -2.03. The summed E-state index contributed by atoms with van der Waals surface area (Å²) in [6.07, 6.45) is 4.48. The number of benzene rings is 1. The second-order valence-corrected chi connectivity index (χ2v) is 3.40. The second-order valence-electron chi connectivity index (χ2n) is 3.40. The van der Waals surface area contributed by atoms with Crippen molar-refractivity contribution in [2.75, 3.05) is 0 Å². The highest BCUT2D eigenvalue weighted by atomic mass is 16.3. The normalized spacial score (nSPS) is 10.1. The molecule has 0 spiro atoms. The number of aromatic nitrogens is 1. The van der Waals surface area contributed by atoms with Crippen LogP contribution in [0.2, 0.25) is 0 Å². The Kier molecular flexibility index (Phi) is 2.54. The van der Waals surface area contributed by atoms with Crippen molar-refractivity contribution in [1.29, 1.82) is 0 Å². The van der Waals surface area contributed by atoms with Gasteiger partial charge in [-0.05, 0) is 23.8 Å². The predicted octanol–water partition coefficient (Wildman–Crippen LogP) is 2.05. The average molecular weight is 201 g/mol. The third-order valence-corrected chi connectivity index (χ3v) is 2.21. The molecule has 2 rings (SSSR count). The monoisotopic (exact) mass is 201 g/mol. The van der Waals surface area contributed by atoms with Crippen LogP contribution < -0.4 is 0 Å². The molecule has 76 valence electrons. The van der Waals surface area contributed by atoms with Gasteiger partial charge in [-0.1, -0.05) is 12.1 Å². The van der Waals surface area contributed by atoms with Crippen LogP contribution >= 0.6 is 0 Å². The van der Waals surface area contributed by atoms with Gasteiger partial charge in [0.1, 0.15) is 5.75 Å². The molecule has 2 aromatic rings. The highest BCUT2D eigenvalue weighted by Crippen LogP contribution is 2.11. The Labute approximate surface area is 87.6 Å². The van der Waals surface area contributed by atoms with Gasteiger partial charge in [-0.15, -0.1) is 0 Å². The first-order chi connectivity index (χ1) is 7.28. The van der Waals surface area contributed by atoms with Crippen molar-refractivity contribution < 1.29 is 9.90 Å². The van der Waals surface area contributed by atoms with Crippen LogP contribution in [0.25, 0.3) is 0 Å². The van der Waals surface area contributed by atoms with E-state index in [1.165, 1.54) is 0 Å². The first kappa shape index (κ1) is 9.52. The zero-order chi connectivity index (χ0) is 10.7. The van der Waals surface area contributed by atoms with Gasteiger partial charge in [-0.2, -0.15) is 0 Å². The van der Waals surface area contributed by atoms with E-state index >= 15 is 0 Å². The van der Waals surface area contributed by atoms with Gasteiger partial charge < -0.3 is 9.67 Å². The molecule has 0 bridgehead atoms. The van der Waals surface area contributed by atoms with E-state index in [0.717, 1.165) is 11.8 Å². The third-order valence-electron chi connectivity index (χ3n) is 2.21. The molecule has 3 nitrogen and oxygen atoms in total. The van der Waals surface area contributed by atoms with Gasteiger partial charge in [0.25, 0.3) is 0 Å². The van der Waals surface area contributed by atoms with Gasteiger partial charge in [0, 0.05) is 24.5 Å². The lowest BCUT2D eigenvalue weighted by Gasteiger charge is -2.02. The number of carbonyl (C=O) groups is 1. The van der Waals surface area contributed by atoms with Crippen LogP contribution in [-0.4, -0.2) is 16.0 Å². The van der Waals surface area contributed by atoms with E-state index < -0.39 is 0 Å². The van der Waals surface area contributed by atoms with Crippen LogP contribution in [0, 0.1) is 0 Å². The van der Waals surface area contributed by atoms with Gasteiger partial charge in [0.15, 0.2) is 6.29 Å². The molecule has 15 heavy (non-hydrogen) atoms. The Morgan fingerprint density at radius 3 is 2.53 bits per heavy atom. The Balaban J connectivity index is 2.14. The van der Waals surface area contributed by atoms with Crippen molar-refractivity contribution in [3.8, 4) is 5.75 Å². The van der Waals surface area contributed by atoms with Crippen molar-refractivity contribution in [2.45, 2.75) is 6.54 Å². The molecule has 1 aromatic carbocycles. The van der Waals surface area contributed by atoms with Crippen molar-refractivity contribution >= 4 is 6.29 Å². The minimum Gasteiger partial charge on any atom is -0.508 e. The number of phenols is 1. The fourth-order valence-corrected chi connectivity index (χ4v) is 1.44. The number of hydrogen-bond acceptors (Lipinski definition) is 2. The van der Waals surface area contributed by atoms with Crippen LogP contribution in [0.5, 0.6) is 5.75 Å². The van der Waals surface area contributed by atoms with Gasteiger partial charge in [0.05, 0.1) is 0 Å². The first-order valence-electron chi connectivity index (χ1n) is 4.67. The van der Waals surface area contributed by atoms with Gasteiger partial charge in [-0.25, -0.2) is 0 Å². The third kappa shape index (κ3) is 2.26. The number of aldehydes is 1. The lowest BCUT2D eigenvalue weighted by Crippen LogP contribution is -1.95. The molecule has 1 N–H and O–H groups in total. The smallest absolute Gasteiger partial charge is 0.151 e. The maximum Gasteiger partial charge on any atom is 0.151 e. The lowest BCUT2D eigenvalue weighted by atomic mass is 10.2. The van der Waals surface area contributed by atoms with E-state index in [-0.39, 0.29) is 5.75 Å². The molecule has 0 aliphatic heterocycles. The molecular weight excluding hydrogens is 190 g/mol. The van der Waals surface area contributed by atoms with Crippen molar-refractivity contribution in [2.24, 2.45) is 0 Å². The number of aromatic hydroxyl groups is 1. The van der Waals surface area contributed by atoms with E-state index in [4.69, 9.17) is 5.11 Å². The largest absolute Gasteiger partial charge is 0.508 e. The van der Waals surface area contributed by atoms with Crippen LogP contribution in [0.1, 0.15) is 15.9 Å². The molecule has 0 saturated carbocycles. The maximum atomic E-state index is 10.5. The molecular formula is C12H11NO2. The molecule has 0 aliphatic rings. The fraction of sp³-hybridized carbons (Fsp3) is 0.0833.